The molecule has 4 rings (SSSR count). The molecule has 40 heavy (non-hydrogen) atoms. The molecule has 216 valence electrons. The minimum Gasteiger partial charge on any atom is -0.442 e. The summed E-state index contributed by atoms with van der Waals surface area (Å²) in [6.45, 7) is 6.84. The van der Waals surface area contributed by atoms with E-state index in [1.807, 2.05) is 0 Å². The number of amides is 2. The lowest BCUT2D eigenvalue weighted by Crippen LogP contribution is -2.43. The molecule has 0 bridgehead atoms. The van der Waals surface area contributed by atoms with Gasteiger partial charge in [-0.05, 0) is 63.1 Å². The summed E-state index contributed by atoms with van der Waals surface area (Å²) in [5.41, 5.74) is -3.94. The highest BCUT2D eigenvalue weighted by atomic mass is 35.5. The zero-order chi connectivity index (χ0) is 29.6. The molecule has 2 unspecified atom stereocenters. The highest BCUT2D eigenvalue weighted by Gasteiger charge is 2.63. The van der Waals surface area contributed by atoms with Gasteiger partial charge < -0.3 is 14.9 Å². The van der Waals surface area contributed by atoms with E-state index in [-0.39, 0.29) is 35.0 Å². The third-order valence-electron chi connectivity index (χ3n) is 6.17. The Bertz CT molecular complexity index is 1380. The molecular formula is C26H25Cl2F4N3O5. The maximum atomic E-state index is 14.7. The van der Waals surface area contributed by atoms with Crippen molar-refractivity contribution in [2.45, 2.75) is 57.5 Å². The molecule has 0 aliphatic carbocycles. The fourth-order valence-corrected chi connectivity index (χ4v) is 4.75. The first-order valence-electron chi connectivity index (χ1n) is 12.0. The molecule has 0 saturated carbocycles. The van der Waals surface area contributed by atoms with Gasteiger partial charge in [-0.1, -0.05) is 34.4 Å². The normalized spacial score (nSPS) is 21.2. The second-order valence-corrected chi connectivity index (χ2v) is 11.3. The van der Waals surface area contributed by atoms with E-state index < -0.39 is 58.2 Å². The van der Waals surface area contributed by atoms with Crippen molar-refractivity contribution < 1.29 is 41.6 Å². The Labute approximate surface area is 237 Å². The van der Waals surface area contributed by atoms with Crippen LogP contribution in [0.2, 0.25) is 10.0 Å². The fourth-order valence-electron chi connectivity index (χ4n) is 4.26. The number of benzene rings is 2. The van der Waals surface area contributed by atoms with Gasteiger partial charge in [-0.2, -0.15) is 18.2 Å². The van der Waals surface area contributed by atoms with Gasteiger partial charge in [0.05, 0.1) is 36.3 Å². The monoisotopic (exact) mass is 605 g/mol. The molecule has 0 spiro atoms. The summed E-state index contributed by atoms with van der Waals surface area (Å²) >= 11 is 11.6. The fraction of sp³-hybridized carbons (Fsp3) is 0.423. The minimum atomic E-state index is -5.07. The average molecular weight is 606 g/mol. The van der Waals surface area contributed by atoms with Crippen molar-refractivity contribution in [2.75, 3.05) is 13.2 Å². The highest BCUT2D eigenvalue weighted by Crippen LogP contribution is 2.50. The van der Waals surface area contributed by atoms with Crippen LogP contribution in [-0.4, -0.2) is 53.7 Å². The van der Waals surface area contributed by atoms with E-state index in [4.69, 9.17) is 37.6 Å². The molecule has 1 saturated heterocycles. The average Bonchev–Trinajstić information content (AvgIpc) is 3.48. The van der Waals surface area contributed by atoms with Crippen molar-refractivity contribution in [1.82, 2.24) is 10.4 Å². The number of nitrogens with one attached hydrogen (secondary N) is 1. The highest BCUT2D eigenvalue weighted by molar-refractivity contribution is 6.34. The van der Waals surface area contributed by atoms with Gasteiger partial charge in [-0.25, -0.2) is 9.18 Å². The maximum absolute atomic E-state index is 14.7. The minimum absolute atomic E-state index is 0.0415. The second kappa shape index (κ2) is 10.7. The molecular weight excluding hydrogens is 581 g/mol. The smallest absolute Gasteiger partial charge is 0.435 e. The van der Waals surface area contributed by atoms with Crippen LogP contribution in [0.5, 0.6) is 0 Å². The summed E-state index contributed by atoms with van der Waals surface area (Å²) in [7, 11) is 0. The molecule has 2 aromatic rings. The van der Waals surface area contributed by atoms with Crippen molar-refractivity contribution in [1.29, 1.82) is 0 Å². The number of hydroxylamine groups is 2. The summed E-state index contributed by atoms with van der Waals surface area (Å²) in [6, 6.07) is 5.60. The molecule has 8 nitrogen and oxygen atoms in total. The quantitative estimate of drug-likeness (QED) is 0.326. The second-order valence-electron chi connectivity index (χ2n) is 10.4. The predicted molar refractivity (Wildman–Crippen MR) is 138 cm³/mol. The van der Waals surface area contributed by atoms with E-state index in [1.54, 1.807) is 27.7 Å². The molecule has 2 aliphatic rings. The lowest BCUT2D eigenvalue weighted by atomic mass is 9.85. The van der Waals surface area contributed by atoms with Crippen LogP contribution >= 0.6 is 23.2 Å². The Morgan fingerprint density at radius 1 is 1.18 bits per heavy atom. The molecule has 2 heterocycles. The first-order valence-corrected chi connectivity index (χ1v) is 12.8. The number of alkyl halides is 3. The first kappa shape index (κ1) is 29.9. The third-order valence-corrected chi connectivity index (χ3v) is 6.66. The van der Waals surface area contributed by atoms with Gasteiger partial charge in [-0.3, -0.25) is 9.63 Å². The van der Waals surface area contributed by atoms with Gasteiger partial charge in [0.1, 0.15) is 11.4 Å². The molecule has 0 aromatic heterocycles. The number of halogens is 6. The SMILES string of the molecule is Cc1cc(C2=NOC(c3cc(Cl)cc(Cl)c3F)(C(F)(F)F)C2)ccc1C(=O)NC1CON(C(=O)OC(C)(C)C)C1. The van der Waals surface area contributed by atoms with Gasteiger partial charge in [0, 0.05) is 16.1 Å². The Morgan fingerprint density at radius 2 is 1.88 bits per heavy atom. The Kier molecular flexibility index (Phi) is 8.00. The summed E-state index contributed by atoms with van der Waals surface area (Å²) < 4.78 is 62.9. The van der Waals surface area contributed by atoms with E-state index in [0.717, 1.165) is 17.2 Å². The van der Waals surface area contributed by atoms with Crippen LogP contribution in [0.15, 0.2) is 35.5 Å². The topological polar surface area (TPSA) is 89.5 Å². The number of aryl methyl sites for hydroxylation is 1. The van der Waals surface area contributed by atoms with Crippen LogP contribution in [0.3, 0.4) is 0 Å². The maximum Gasteiger partial charge on any atom is 0.435 e. The number of oxime groups is 1. The Hall–Kier alpha value is -3.09. The van der Waals surface area contributed by atoms with Gasteiger partial charge in [0.25, 0.3) is 11.5 Å². The van der Waals surface area contributed by atoms with E-state index in [1.165, 1.54) is 18.2 Å². The molecule has 2 atom stereocenters. The lowest BCUT2D eigenvalue weighted by Gasteiger charge is -2.30. The molecule has 2 amide bonds. The summed E-state index contributed by atoms with van der Waals surface area (Å²) in [6.07, 6.45) is -6.60. The van der Waals surface area contributed by atoms with Crippen molar-refractivity contribution >= 4 is 40.9 Å². The number of rotatable bonds is 4. The number of carbonyl (C=O) groups excluding carboxylic acids is 2. The summed E-state index contributed by atoms with van der Waals surface area (Å²) in [5.74, 6) is -1.79. The van der Waals surface area contributed by atoms with E-state index in [0.29, 0.717) is 5.56 Å². The van der Waals surface area contributed by atoms with Gasteiger partial charge in [0.2, 0.25) is 0 Å². The first-order chi connectivity index (χ1) is 18.5. The number of hydrogen-bond donors (Lipinski definition) is 1. The molecule has 1 fully saturated rings. The molecule has 2 aromatic carbocycles. The van der Waals surface area contributed by atoms with Crippen molar-refractivity contribution in [3.8, 4) is 0 Å². The number of ether oxygens (including phenoxy) is 1. The zero-order valence-corrected chi connectivity index (χ0v) is 23.3. The Balaban J connectivity index is 1.49. The van der Waals surface area contributed by atoms with Crippen molar-refractivity contribution in [3.63, 3.8) is 0 Å². The van der Waals surface area contributed by atoms with Gasteiger partial charge in [0.15, 0.2) is 0 Å². The lowest BCUT2D eigenvalue weighted by molar-refractivity contribution is -0.276. The van der Waals surface area contributed by atoms with E-state index in [2.05, 4.69) is 10.5 Å². The number of carbonyl (C=O) groups is 2. The standard InChI is InChI=1S/C26H25Cl2F4N3O5/c1-13-7-14(5-6-17(13)22(36)33-16-11-35(38-12-16)23(37)39-24(2,3)4)20-10-25(40-34-20,26(30,31)32)18-8-15(27)9-19(28)21(18)29/h5-9,16H,10-12H2,1-4H3,(H,33,36). The van der Waals surface area contributed by atoms with Crippen LogP contribution in [0.4, 0.5) is 22.4 Å². The van der Waals surface area contributed by atoms with Gasteiger partial charge in [-0.15, -0.1) is 0 Å². The summed E-state index contributed by atoms with van der Waals surface area (Å²) in [4.78, 5) is 35.3. The van der Waals surface area contributed by atoms with Crippen LogP contribution in [0.25, 0.3) is 0 Å². The van der Waals surface area contributed by atoms with E-state index in [9.17, 15) is 27.2 Å². The van der Waals surface area contributed by atoms with Crippen molar-refractivity contribution in [2.24, 2.45) is 5.16 Å². The molecule has 0 radical (unpaired) electrons. The summed E-state index contributed by atoms with van der Waals surface area (Å²) in [5, 5.41) is 6.62. The van der Waals surface area contributed by atoms with Crippen LogP contribution in [0.1, 0.15) is 54.2 Å². The van der Waals surface area contributed by atoms with Gasteiger partial charge >= 0.3 is 12.3 Å². The van der Waals surface area contributed by atoms with Crippen LogP contribution in [-0.2, 0) is 20.0 Å². The van der Waals surface area contributed by atoms with E-state index >= 15 is 0 Å². The largest absolute Gasteiger partial charge is 0.442 e. The Morgan fingerprint density at radius 3 is 2.50 bits per heavy atom. The van der Waals surface area contributed by atoms with Crippen LogP contribution in [0, 0.1) is 12.7 Å². The van der Waals surface area contributed by atoms with Crippen molar-refractivity contribution in [3.05, 3.63) is 68.4 Å². The number of nitrogens with zero attached hydrogens (tertiary/aromatic N) is 2. The van der Waals surface area contributed by atoms with Crippen LogP contribution < -0.4 is 5.32 Å². The third kappa shape index (κ3) is 5.98. The molecule has 1 N–H and O–H groups in total. The molecule has 2 aliphatic heterocycles. The molecule has 14 heteroatoms. The predicted octanol–water partition coefficient (Wildman–Crippen LogP) is 6.30. The zero-order valence-electron chi connectivity index (χ0n) is 21.8. The number of hydrogen-bond acceptors (Lipinski definition) is 6.